The summed E-state index contributed by atoms with van der Waals surface area (Å²) in [6.45, 7) is 13.8. The van der Waals surface area contributed by atoms with Crippen molar-refractivity contribution in [2.24, 2.45) is 5.41 Å². The summed E-state index contributed by atoms with van der Waals surface area (Å²) < 4.78 is 0. The highest BCUT2D eigenvalue weighted by molar-refractivity contribution is 6.30. The molecular formula is C21H30ClN3O2. The molecule has 2 heterocycles. The van der Waals surface area contributed by atoms with Crippen LogP contribution < -0.4 is 0 Å². The first kappa shape index (κ1) is 20.2. The highest BCUT2D eigenvalue weighted by Crippen LogP contribution is 2.30. The molecule has 2 aliphatic rings. The number of hydrogen-bond acceptors (Lipinski definition) is 3. The molecule has 1 atom stereocenters. The van der Waals surface area contributed by atoms with Crippen molar-refractivity contribution in [3.8, 4) is 0 Å². The van der Waals surface area contributed by atoms with E-state index in [9.17, 15) is 9.59 Å². The van der Waals surface area contributed by atoms with E-state index >= 15 is 0 Å². The molecule has 0 spiro atoms. The highest BCUT2D eigenvalue weighted by Gasteiger charge is 2.45. The highest BCUT2D eigenvalue weighted by atomic mass is 35.5. The van der Waals surface area contributed by atoms with Gasteiger partial charge in [0.15, 0.2) is 0 Å². The minimum Gasteiger partial charge on any atom is -0.339 e. The molecule has 148 valence electrons. The van der Waals surface area contributed by atoms with Crippen molar-refractivity contribution in [1.82, 2.24) is 14.7 Å². The first-order chi connectivity index (χ1) is 12.5. The summed E-state index contributed by atoms with van der Waals surface area (Å²) in [5.74, 6) is 0.208. The fourth-order valence-corrected chi connectivity index (χ4v) is 4.40. The number of fused-ring (bicyclic) bond motifs is 1. The van der Waals surface area contributed by atoms with Gasteiger partial charge >= 0.3 is 0 Å². The molecule has 2 saturated heterocycles. The van der Waals surface area contributed by atoms with Crippen LogP contribution in [0.2, 0.25) is 5.02 Å². The average molecular weight is 392 g/mol. The second-order valence-corrected chi connectivity index (χ2v) is 9.79. The molecule has 0 radical (unpaired) electrons. The largest absolute Gasteiger partial charge is 0.339 e. The number of halogens is 1. The van der Waals surface area contributed by atoms with Crippen molar-refractivity contribution >= 4 is 23.4 Å². The summed E-state index contributed by atoms with van der Waals surface area (Å²) in [5, 5.41) is 0.625. The molecule has 0 aliphatic carbocycles. The first-order valence-corrected chi connectivity index (χ1v) is 9.98. The van der Waals surface area contributed by atoms with Crippen LogP contribution in [0.4, 0.5) is 0 Å². The molecule has 0 N–H and O–H groups in total. The predicted molar refractivity (Wildman–Crippen MR) is 108 cm³/mol. The Labute approximate surface area is 167 Å². The topological polar surface area (TPSA) is 43.9 Å². The molecule has 1 aromatic rings. The molecule has 5 nitrogen and oxygen atoms in total. The number of benzene rings is 1. The predicted octanol–water partition coefficient (Wildman–Crippen LogP) is 3.13. The lowest BCUT2D eigenvalue weighted by atomic mass is 9.90. The second kappa shape index (κ2) is 7.10. The molecule has 2 amide bonds. The molecule has 0 saturated carbocycles. The summed E-state index contributed by atoms with van der Waals surface area (Å²) in [5.41, 5.74) is 0.148. The quantitative estimate of drug-likeness (QED) is 0.738. The number of rotatable bonds is 1. The Morgan fingerprint density at radius 1 is 1.04 bits per heavy atom. The zero-order valence-corrected chi connectivity index (χ0v) is 17.7. The van der Waals surface area contributed by atoms with Crippen LogP contribution in [0.3, 0.4) is 0 Å². The Kier molecular flexibility index (Phi) is 5.30. The molecular weight excluding hydrogens is 362 g/mol. The maximum Gasteiger partial charge on any atom is 0.253 e. The zero-order chi connectivity index (χ0) is 20.0. The van der Waals surface area contributed by atoms with Gasteiger partial charge in [-0.15, -0.1) is 0 Å². The number of carbonyl (C=O) groups is 2. The Morgan fingerprint density at radius 2 is 1.63 bits per heavy atom. The number of carbonyl (C=O) groups excluding carboxylic acids is 2. The van der Waals surface area contributed by atoms with Gasteiger partial charge in [0.1, 0.15) is 0 Å². The fourth-order valence-electron chi connectivity index (χ4n) is 4.27. The van der Waals surface area contributed by atoms with Gasteiger partial charge in [-0.3, -0.25) is 14.5 Å². The van der Waals surface area contributed by atoms with E-state index in [1.54, 1.807) is 24.3 Å². The van der Waals surface area contributed by atoms with Gasteiger partial charge in [-0.1, -0.05) is 32.4 Å². The van der Waals surface area contributed by atoms with Gasteiger partial charge in [0.2, 0.25) is 5.91 Å². The summed E-state index contributed by atoms with van der Waals surface area (Å²) in [6, 6.07) is 7.21. The van der Waals surface area contributed by atoms with Crippen LogP contribution in [-0.2, 0) is 4.79 Å². The lowest BCUT2D eigenvalue weighted by molar-refractivity contribution is -0.146. The van der Waals surface area contributed by atoms with Crippen LogP contribution in [0.1, 0.15) is 45.0 Å². The Hall–Kier alpha value is -1.59. The van der Waals surface area contributed by atoms with Crippen LogP contribution >= 0.6 is 11.6 Å². The summed E-state index contributed by atoms with van der Waals surface area (Å²) >= 11 is 5.95. The lowest BCUT2D eigenvalue weighted by Crippen LogP contribution is -2.71. The molecule has 2 aliphatic heterocycles. The Morgan fingerprint density at radius 3 is 2.22 bits per heavy atom. The first-order valence-electron chi connectivity index (χ1n) is 9.60. The minimum absolute atomic E-state index is 0.0265. The van der Waals surface area contributed by atoms with E-state index in [1.807, 2.05) is 30.6 Å². The maximum absolute atomic E-state index is 13.0. The third-order valence-corrected chi connectivity index (χ3v) is 5.83. The minimum atomic E-state index is -0.384. The molecule has 0 bridgehead atoms. The lowest BCUT2D eigenvalue weighted by Gasteiger charge is -2.55. The fraction of sp³-hybridized carbons (Fsp3) is 0.619. The zero-order valence-electron chi connectivity index (χ0n) is 17.0. The smallest absolute Gasteiger partial charge is 0.253 e. The SMILES string of the molecule is CC(C)(C)C(=O)N1CCN2C(CN(C(=O)c3ccc(Cl)cc3)CC2(C)C)C1. The van der Waals surface area contributed by atoms with Gasteiger partial charge < -0.3 is 9.80 Å². The van der Waals surface area contributed by atoms with Crippen LogP contribution in [0.15, 0.2) is 24.3 Å². The van der Waals surface area contributed by atoms with Crippen LogP contribution in [0.5, 0.6) is 0 Å². The van der Waals surface area contributed by atoms with Crippen molar-refractivity contribution in [1.29, 1.82) is 0 Å². The van der Waals surface area contributed by atoms with Gasteiger partial charge in [-0.05, 0) is 38.1 Å². The van der Waals surface area contributed by atoms with Gasteiger partial charge in [-0.2, -0.15) is 0 Å². The van der Waals surface area contributed by atoms with Crippen LogP contribution in [-0.4, -0.2) is 70.8 Å². The molecule has 27 heavy (non-hydrogen) atoms. The third-order valence-electron chi connectivity index (χ3n) is 5.58. The van der Waals surface area contributed by atoms with Crippen molar-refractivity contribution < 1.29 is 9.59 Å². The van der Waals surface area contributed by atoms with Gasteiger partial charge in [0.25, 0.3) is 5.91 Å². The maximum atomic E-state index is 13.0. The molecule has 1 aromatic carbocycles. The van der Waals surface area contributed by atoms with Gasteiger partial charge in [0.05, 0.1) is 0 Å². The molecule has 6 heteroatoms. The Bertz CT molecular complexity index is 724. The second-order valence-electron chi connectivity index (χ2n) is 9.35. The number of hydrogen-bond donors (Lipinski definition) is 0. The standard InChI is InChI=1S/C21H30ClN3O2/c1-20(2,3)19(27)23-10-11-25-17(12-23)13-24(14-21(25,4)5)18(26)15-6-8-16(22)9-7-15/h6-9,17H,10-14H2,1-5H3. The summed E-state index contributed by atoms with van der Waals surface area (Å²) in [7, 11) is 0. The van der Waals surface area contributed by atoms with E-state index in [0.29, 0.717) is 30.2 Å². The van der Waals surface area contributed by atoms with E-state index in [4.69, 9.17) is 11.6 Å². The average Bonchev–Trinajstić information content (AvgIpc) is 2.59. The monoisotopic (exact) mass is 391 g/mol. The summed E-state index contributed by atoms with van der Waals surface area (Å²) in [4.78, 5) is 32.1. The van der Waals surface area contributed by atoms with E-state index in [1.165, 1.54) is 0 Å². The normalized spacial score (nSPS) is 23.1. The van der Waals surface area contributed by atoms with Crippen molar-refractivity contribution in [2.75, 3.05) is 32.7 Å². The number of nitrogens with zero attached hydrogens (tertiary/aromatic N) is 3. The van der Waals surface area contributed by atoms with E-state index in [0.717, 1.165) is 13.1 Å². The van der Waals surface area contributed by atoms with Crippen molar-refractivity contribution in [3.05, 3.63) is 34.9 Å². The third kappa shape index (κ3) is 4.14. The molecule has 2 fully saturated rings. The number of amides is 2. The van der Waals surface area contributed by atoms with Crippen molar-refractivity contribution in [2.45, 2.75) is 46.2 Å². The van der Waals surface area contributed by atoms with Crippen LogP contribution in [0.25, 0.3) is 0 Å². The van der Waals surface area contributed by atoms with Crippen LogP contribution in [0, 0.1) is 5.41 Å². The molecule has 0 aromatic heterocycles. The Balaban J connectivity index is 1.78. The van der Waals surface area contributed by atoms with E-state index < -0.39 is 0 Å². The van der Waals surface area contributed by atoms with E-state index in [2.05, 4.69) is 18.7 Å². The van der Waals surface area contributed by atoms with Gasteiger partial charge in [0, 0.05) is 60.3 Å². The summed E-state index contributed by atoms with van der Waals surface area (Å²) in [6.07, 6.45) is 0. The molecule has 3 rings (SSSR count). The van der Waals surface area contributed by atoms with E-state index in [-0.39, 0.29) is 28.8 Å². The van der Waals surface area contributed by atoms with Crippen molar-refractivity contribution in [3.63, 3.8) is 0 Å². The van der Waals surface area contributed by atoms with Gasteiger partial charge in [-0.25, -0.2) is 0 Å². The number of piperazine rings is 2. The molecule has 1 unspecified atom stereocenters.